The van der Waals surface area contributed by atoms with Crippen molar-refractivity contribution in [2.45, 2.75) is 78.9 Å². The molecule has 0 bridgehead atoms. The molecule has 4 heteroatoms. The molecular weight excluding hydrogens is 314 g/mol. The predicted molar refractivity (Wildman–Crippen MR) is 104 cm³/mol. The van der Waals surface area contributed by atoms with Crippen molar-refractivity contribution in [2.24, 2.45) is 5.92 Å². The van der Waals surface area contributed by atoms with Gasteiger partial charge in [0, 0.05) is 12.6 Å². The number of benzene rings is 1. The molecule has 0 radical (unpaired) electrons. The number of nitrogens with zero attached hydrogens (tertiary/aromatic N) is 1. The normalized spacial score (nSPS) is 14.1. The van der Waals surface area contributed by atoms with Crippen molar-refractivity contribution >= 4 is 14.2 Å². The molecule has 0 aliphatic heterocycles. The lowest BCUT2D eigenvalue weighted by atomic mass is 10.00. The number of rotatable bonds is 7. The summed E-state index contributed by atoms with van der Waals surface area (Å²) < 4.78 is 8.15. The lowest BCUT2D eigenvalue weighted by molar-refractivity contribution is -0.156. The lowest BCUT2D eigenvalue weighted by Crippen LogP contribution is -2.54. The molecule has 0 amide bonds. The minimum atomic E-state index is -1.60. The largest absolute Gasteiger partial charge is 0.460 e. The summed E-state index contributed by atoms with van der Waals surface area (Å²) in [6.07, 6.45) is 0.450. The second kappa shape index (κ2) is 8.30. The maximum atomic E-state index is 12.4. The Labute approximate surface area is 149 Å². The highest BCUT2D eigenvalue weighted by Crippen LogP contribution is 2.25. The molecule has 0 saturated heterocycles. The van der Waals surface area contributed by atoms with Crippen LogP contribution in [0.5, 0.6) is 0 Å². The van der Waals surface area contributed by atoms with Crippen LogP contribution in [0.15, 0.2) is 30.3 Å². The van der Waals surface area contributed by atoms with Gasteiger partial charge >= 0.3 is 5.97 Å². The van der Waals surface area contributed by atoms with Gasteiger partial charge in [0.05, 0.1) is 6.42 Å². The highest BCUT2D eigenvalue weighted by atomic mass is 28.3. The Balaban J connectivity index is 2.99. The summed E-state index contributed by atoms with van der Waals surface area (Å²) >= 11 is 0. The number of hydrogen-bond donors (Lipinski definition) is 0. The zero-order chi connectivity index (χ0) is 18.5. The molecule has 3 nitrogen and oxygen atoms in total. The van der Waals surface area contributed by atoms with E-state index in [-0.39, 0.29) is 12.0 Å². The van der Waals surface area contributed by atoms with E-state index in [1.807, 2.05) is 26.8 Å². The van der Waals surface area contributed by atoms with Crippen molar-refractivity contribution in [3.8, 4) is 0 Å². The van der Waals surface area contributed by atoms with Crippen molar-refractivity contribution in [1.82, 2.24) is 4.57 Å². The summed E-state index contributed by atoms with van der Waals surface area (Å²) in [6.45, 7) is 18.1. The average Bonchev–Trinajstić information content (AvgIpc) is 2.40. The van der Waals surface area contributed by atoms with Gasteiger partial charge in [-0.3, -0.25) is 4.79 Å². The molecule has 0 aliphatic rings. The number of hydrogen-bond acceptors (Lipinski definition) is 3. The molecule has 0 spiro atoms. The van der Waals surface area contributed by atoms with E-state index < -0.39 is 13.8 Å². The number of carbonyl (C=O) groups excluding carboxylic acids is 1. The van der Waals surface area contributed by atoms with Gasteiger partial charge in [0.2, 0.25) is 0 Å². The molecule has 0 N–H and O–H groups in total. The Morgan fingerprint density at radius 2 is 1.67 bits per heavy atom. The topological polar surface area (TPSA) is 29.5 Å². The second-order valence-corrected chi connectivity index (χ2v) is 13.8. The van der Waals surface area contributed by atoms with Gasteiger partial charge in [-0.15, -0.1) is 0 Å². The highest BCUT2D eigenvalue weighted by Gasteiger charge is 2.34. The molecule has 1 aromatic carbocycles. The van der Waals surface area contributed by atoms with Crippen LogP contribution in [0.2, 0.25) is 19.6 Å². The minimum absolute atomic E-state index is 0.0995. The van der Waals surface area contributed by atoms with Crippen LogP contribution in [0.25, 0.3) is 0 Å². The average molecular weight is 350 g/mol. The van der Waals surface area contributed by atoms with Crippen molar-refractivity contribution in [2.75, 3.05) is 0 Å². The van der Waals surface area contributed by atoms with Crippen LogP contribution in [-0.4, -0.2) is 30.4 Å². The van der Waals surface area contributed by atoms with Crippen LogP contribution in [0.1, 0.15) is 46.6 Å². The molecule has 1 aromatic rings. The Morgan fingerprint density at radius 1 is 1.12 bits per heavy atom. The smallest absolute Gasteiger partial charge is 0.307 e. The number of ether oxygens (including phenoxy) is 1. The van der Waals surface area contributed by atoms with E-state index in [4.69, 9.17) is 4.74 Å². The monoisotopic (exact) mass is 349 g/mol. The SMILES string of the molecule is CC(C)[C@@H](CC(=O)OC(C)(C)C)N(Cc1ccccc1)[Si](C)(C)C. The molecule has 0 unspecified atom stereocenters. The summed E-state index contributed by atoms with van der Waals surface area (Å²) in [6, 6.07) is 10.7. The van der Waals surface area contributed by atoms with Crippen LogP contribution >= 0.6 is 0 Å². The fourth-order valence-corrected chi connectivity index (χ4v) is 4.93. The molecule has 0 fully saturated rings. The standard InChI is InChI=1S/C20H35NO2Si/c1-16(2)18(14-19(22)23-20(3,4)5)21(24(6,7)8)15-17-12-10-9-11-13-17/h9-13,16,18H,14-15H2,1-8H3/t18-/m1/s1. The van der Waals surface area contributed by atoms with Gasteiger partial charge in [-0.1, -0.05) is 63.8 Å². The summed E-state index contributed by atoms with van der Waals surface area (Å²) in [4.78, 5) is 12.4. The molecule has 1 atom stereocenters. The van der Waals surface area contributed by atoms with Crippen molar-refractivity contribution in [1.29, 1.82) is 0 Å². The van der Waals surface area contributed by atoms with Crippen LogP contribution in [0.4, 0.5) is 0 Å². The van der Waals surface area contributed by atoms with Gasteiger partial charge in [-0.05, 0) is 32.3 Å². The van der Waals surface area contributed by atoms with Gasteiger partial charge in [-0.2, -0.15) is 0 Å². The fourth-order valence-electron chi connectivity index (χ4n) is 2.89. The molecular formula is C20H35NO2Si. The van der Waals surface area contributed by atoms with E-state index in [2.05, 4.69) is 62.3 Å². The second-order valence-electron chi connectivity index (χ2n) is 8.89. The van der Waals surface area contributed by atoms with Gasteiger partial charge < -0.3 is 9.30 Å². The van der Waals surface area contributed by atoms with E-state index in [1.54, 1.807) is 0 Å². The first-order chi connectivity index (χ1) is 10.9. The van der Waals surface area contributed by atoms with Crippen LogP contribution in [-0.2, 0) is 16.1 Å². The van der Waals surface area contributed by atoms with Crippen LogP contribution in [0.3, 0.4) is 0 Å². The Kier molecular flexibility index (Phi) is 7.23. The summed E-state index contributed by atoms with van der Waals surface area (Å²) in [7, 11) is -1.60. The number of carbonyl (C=O) groups is 1. The molecule has 1 rings (SSSR count). The van der Waals surface area contributed by atoms with Crippen molar-refractivity contribution in [3.05, 3.63) is 35.9 Å². The van der Waals surface area contributed by atoms with Crippen LogP contribution < -0.4 is 0 Å². The molecule has 136 valence electrons. The predicted octanol–water partition coefficient (Wildman–Crippen LogP) is 5.08. The zero-order valence-corrected chi connectivity index (χ0v) is 17.7. The lowest BCUT2D eigenvalue weighted by Gasteiger charge is -2.42. The van der Waals surface area contributed by atoms with Crippen LogP contribution in [0, 0.1) is 5.92 Å². The quantitative estimate of drug-likeness (QED) is 0.508. The maximum Gasteiger partial charge on any atom is 0.307 e. The van der Waals surface area contributed by atoms with Gasteiger partial charge in [-0.25, -0.2) is 0 Å². The van der Waals surface area contributed by atoms with E-state index >= 15 is 0 Å². The molecule has 0 saturated carbocycles. The third-order valence-electron chi connectivity index (χ3n) is 4.02. The first kappa shape index (κ1) is 20.9. The van der Waals surface area contributed by atoms with E-state index in [0.717, 1.165) is 6.54 Å². The third-order valence-corrected chi connectivity index (χ3v) is 6.24. The first-order valence-electron chi connectivity index (χ1n) is 8.92. The summed E-state index contributed by atoms with van der Waals surface area (Å²) in [5, 5.41) is 0. The highest BCUT2D eigenvalue weighted by molar-refractivity contribution is 6.73. The maximum absolute atomic E-state index is 12.4. The zero-order valence-electron chi connectivity index (χ0n) is 16.7. The Morgan fingerprint density at radius 3 is 2.08 bits per heavy atom. The van der Waals surface area contributed by atoms with Crippen molar-refractivity contribution in [3.63, 3.8) is 0 Å². The van der Waals surface area contributed by atoms with E-state index in [1.165, 1.54) is 5.56 Å². The summed E-state index contributed by atoms with van der Waals surface area (Å²) in [5.41, 5.74) is 0.872. The van der Waals surface area contributed by atoms with E-state index in [9.17, 15) is 4.79 Å². The van der Waals surface area contributed by atoms with Gasteiger partial charge in [0.25, 0.3) is 0 Å². The fraction of sp³-hybridized carbons (Fsp3) is 0.650. The van der Waals surface area contributed by atoms with Gasteiger partial charge in [0.1, 0.15) is 13.8 Å². The first-order valence-corrected chi connectivity index (χ1v) is 12.4. The molecule has 24 heavy (non-hydrogen) atoms. The molecule has 0 aromatic heterocycles. The summed E-state index contributed by atoms with van der Waals surface area (Å²) in [5.74, 6) is 0.297. The molecule has 0 heterocycles. The number of esters is 1. The Bertz CT molecular complexity index is 515. The molecule has 0 aliphatic carbocycles. The van der Waals surface area contributed by atoms with Gasteiger partial charge in [0.15, 0.2) is 0 Å². The Hall–Kier alpha value is -1.13. The third kappa shape index (κ3) is 7.18. The minimum Gasteiger partial charge on any atom is -0.460 e. The van der Waals surface area contributed by atoms with E-state index in [0.29, 0.717) is 12.3 Å². The van der Waals surface area contributed by atoms with Crippen molar-refractivity contribution < 1.29 is 9.53 Å².